The minimum absolute atomic E-state index is 0.152. The second-order valence-electron chi connectivity index (χ2n) is 3.76. The van der Waals surface area contributed by atoms with Crippen molar-refractivity contribution in [3.63, 3.8) is 0 Å². The molecular weight excluding hydrogens is 320 g/mol. The first-order chi connectivity index (χ1) is 8.43. The average molecular weight is 337 g/mol. The molecule has 5 nitrogen and oxygen atoms in total. The van der Waals surface area contributed by atoms with Crippen molar-refractivity contribution >= 4 is 26.0 Å². The minimum atomic E-state index is -3.55. The van der Waals surface area contributed by atoms with Crippen LogP contribution >= 0.6 is 15.9 Å². The number of rotatable bonds is 6. The van der Waals surface area contributed by atoms with Crippen LogP contribution in [0.25, 0.3) is 0 Å². The van der Waals surface area contributed by atoms with Gasteiger partial charge in [0.25, 0.3) is 0 Å². The quantitative estimate of drug-likeness (QED) is 0.852. The highest BCUT2D eigenvalue weighted by molar-refractivity contribution is 9.10. The summed E-state index contributed by atoms with van der Waals surface area (Å²) in [5.74, 6) is 0.331. The summed E-state index contributed by atoms with van der Waals surface area (Å²) in [7, 11) is -0.574. The molecule has 0 aliphatic rings. The molecule has 0 unspecified atom stereocenters. The Morgan fingerprint density at radius 3 is 2.67 bits per heavy atom. The van der Waals surface area contributed by atoms with E-state index in [1.165, 1.54) is 24.5 Å². The zero-order valence-electron chi connectivity index (χ0n) is 10.4. The maximum atomic E-state index is 12.4. The van der Waals surface area contributed by atoms with Gasteiger partial charge in [0.1, 0.15) is 10.6 Å². The first kappa shape index (κ1) is 15.4. The van der Waals surface area contributed by atoms with Gasteiger partial charge in [-0.2, -0.15) is 0 Å². The number of sulfonamides is 1. The zero-order valence-corrected chi connectivity index (χ0v) is 12.8. The van der Waals surface area contributed by atoms with Crippen molar-refractivity contribution in [1.29, 1.82) is 0 Å². The van der Waals surface area contributed by atoms with Crippen molar-refractivity contribution in [2.45, 2.75) is 11.3 Å². The van der Waals surface area contributed by atoms with E-state index in [1.54, 1.807) is 12.1 Å². The summed E-state index contributed by atoms with van der Waals surface area (Å²) in [6.07, 6.45) is 0.617. The normalized spacial score (nSPS) is 11.8. The largest absolute Gasteiger partial charge is 0.495 e. The summed E-state index contributed by atoms with van der Waals surface area (Å²) in [5, 5.41) is 0. The van der Waals surface area contributed by atoms with Crippen molar-refractivity contribution in [3.05, 3.63) is 22.7 Å². The molecule has 2 N–H and O–H groups in total. The monoisotopic (exact) mass is 336 g/mol. The highest BCUT2D eigenvalue weighted by Gasteiger charge is 2.24. The van der Waals surface area contributed by atoms with Gasteiger partial charge in [-0.1, -0.05) is 15.9 Å². The number of hydrogen-bond donors (Lipinski definition) is 1. The molecule has 0 heterocycles. The number of hydrogen-bond acceptors (Lipinski definition) is 4. The molecule has 0 amide bonds. The smallest absolute Gasteiger partial charge is 0.246 e. The van der Waals surface area contributed by atoms with Crippen molar-refractivity contribution in [2.75, 3.05) is 27.2 Å². The van der Waals surface area contributed by atoms with E-state index in [2.05, 4.69) is 15.9 Å². The SMILES string of the molecule is COc1ccc(Br)cc1S(=O)(=O)N(C)CCCN. The summed E-state index contributed by atoms with van der Waals surface area (Å²) < 4.78 is 31.8. The molecule has 0 aromatic heterocycles. The van der Waals surface area contributed by atoms with Crippen LogP contribution in [0.5, 0.6) is 5.75 Å². The second kappa shape index (κ2) is 6.51. The van der Waals surface area contributed by atoms with Crippen molar-refractivity contribution in [2.24, 2.45) is 5.73 Å². The molecule has 0 aliphatic heterocycles. The number of halogens is 1. The molecule has 0 radical (unpaired) electrons. The number of ether oxygens (including phenoxy) is 1. The third kappa shape index (κ3) is 3.44. The Labute approximate surface area is 116 Å². The van der Waals surface area contributed by atoms with Gasteiger partial charge >= 0.3 is 0 Å². The Balaban J connectivity index is 3.14. The molecule has 0 aliphatic carbocycles. The molecule has 0 fully saturated rings. The fourth-order valence-electron chi connectivity index (χ4n) is 1.45. The third-order valence-corrected chi connectivity index (χ3v) is 4.86. The summed E-state index contributed by atoms with van der Waals surface area (Å²) in [4.78, 5) is 0.152. The van der Waals surface area contributed by atoms with Crippen LogP contribution in [-0.2, 0) is 10.0 Å². The molecule has 7 heteroatoms. The Kier molecular flexibility index (Phi) is 5.58. The van der Waals surface area contributed by atoms with Crippen LogP contribution in [-0.4, -0.2) is 40.0 Å². The highest BCUT2D eigenvalue weighted by atomic mass is 79.9. The van der Waals surface area contributed by atoms with Gasteiger partial charge in [-0.05, 0) is 31.2 Å². The lowest BCUT2D eigenvalue weighted by atomic mass is 10.3. The van der Waals surface area contributed by atoms with E-state index >= 15 is 0 Å². The van der Waals surface area contributed by atoms with Crippen molar-refractivity contribution in [3.8, 4) is 5.75 Å². The van der Waals surface area contributed by atoms with Crippen LogP contribution in [0.4, 0.5) is 0 Å². The number of methoxy groups -OCH3 is 1. The Morgan fingerprint density at radius 2 is 2.11 bits per heavy atom. The second-order valence-corrected chi connectivity index (χ2v) is 6.69. The van der Waals surface area contributed by atoms with E-state index in [9.17, 15) is 8.42 Å². The first-order valence-electron chi connectivity index (χ1n) is 5.43. The number of nitrogens with zero attached hydrogens (tertiary/aromatic N) is 1. The molecule has 1 aromatic rings. The molecular formula is C11H17BrN2O3S. The molecule has 1 rings (SSSR count). The first-order valence-corrected chi connectivity index (χ1v) is 7.66. The molecule has 102 valence electrons. The van der Waals surface area contributed by atoms with Crippen LogP contribution in [0.15, 0.2) is 27.6 Å². The third-order valence-electron chi connectivity index (χ3n) is 2.49. The Hall–Kier alpha value is -0.630. The van der Waals surface area contributed by atoms with Crippen LogP contribution in [0.1, 0.15) is 6.42 Å². The van der Waals surface area contributed by atoms with E-state index in [4.69, 9.17) is 10.5 Å². The van der Waals surface area contributed by atoms with E-state index in [0.29, 0.717) is 29.7 Å². The lowest BCUT2D eigenvalue weighted by molar-refractivity contribution is 0.397. The molecule has 0 atom stereocenters. The van der Waals surface area contributed by atoms with Gasteiger partial charge < -0.3 is 10.5 Å². The Bertz CT molecular complexity index is 505. The predicted molar refractivity (Wildman–Crippen MR) is 74.2 cm³/mol. The van der Waals surface area contributed by atoms with E-state index < -0.39 is 10.0 Å². The molecule has 0 bridgehead atoms. The molecule has 0 saturated carbocycles. The molecule has 1 aromatic carbocycles. The Morgan fingerprint density at radius 1 is 1.44 bits per heavy atom. The van der Waals surface area contributed by atoms with Crippen LogP contribution < -0.4 is 10.5 Å². The van der Waals surface area contributed by atoms with Gasteiger partial charge in [-0.3, -0.25) is 0 Å². The van der Waals surface area contributed by atoms with Crippen LogP contribution in [0.3, 0.4) is 0 Å². The summed E-state index contributed by atoms with van der Waals surface area (Å²) in [6, 6.07) is 4.89. The summed E-state index contributed by atoms with van der Waals surface area (Å²) >= 11 is 3.26. The van der Waals surface area contributed by atoms with Gasteiger partial charge in [-0.15, -0.1) is 0 Å². The molecule has 18 heavy (non-hydrogen) atoms. The van der Waals surface area contributed by atoms with Crippen molar-refractivity contribution < 1.29 is 13.2 Å². The van der Waals surface area contributed by atoms with E-state index in [0.717, 1.165) is 0 Å². The maximum absolute atomic E-state index is 12.4. The average Bonchev–Trinajstić information content (AvgIpc) is 2.35. The van der Waals surface area contributed by atoms with E-state index in [1.807, 2.05) is 0 Å². The lowest BCUT2D eigenvalue weighted by Crippen LogP contribution is -2.29. The van der Waals surface area contributed by atoms with Crippen molar-refractivity contribution in [1.82, 2.24) is 4.31 Å². The number of benzene rings is 1. The maximum Gasteiger partial charge on any atom is 0.246 e. The highest BCUT2D eigenvalue weighted by Crippen LogP contribution is 2.29. The molecule has 0 spiro atoms. The van der Waals surface area contributed by atoms with Gasteiger partial charge in [-0.25, -0.2) is 12.7 Å². The standard InChI is InChI=1S/C11H17BrN2O3S/c1-14(7-3-6-13)18(15,16)11-8-9(12)4-5-10(11)17-2/h4-5,8H,3,6-7,13H2,1-2H3. The fraction of sp³-hybridized carbons (Fsp3) is 0.455. The topological polar surface area (TPSA) is 72.6 Å². The minimum Gasteiger partial charge on any atom is -0.495 e. The van der Waals surface area contributed by atoms with Crippen LogP contribution in [0.2, 0.25) is 0 Å². The zero-order chi connectivity index (χ0) is 13.8. The van der Waals surface area contributed by atoms with Gasteiger partial charge in [0, 0.05) is 18.1 Å². The number of nitrogens with two attached hydrogens (primary N) is 1. The summed E-state index contributed by atoms with van der Waals surface area (Å²) in [6.45, 7) is 0.837. The predicted octanol–water partition coefficient (Wildman–Crippen LogP) is 1.43. The molecule has 0 saturated heterocycles. The van der Waals surface area contributed by atoms with Gasteiger partial charge in [0.2, 0.25) is 10.0 Å². The summed E-state index contributed by atoms with van der Waals surface area (Å²) in [5.41, 5.74) is 5.39. The van der Waals surface area contributed by atoms with Gasteiger partial charge in [0.15, 0.2) is 0 Å². The lowest BCUT2D eigenvalue weighted by Gasteiger charge is -2.18. The van der Waals surface area contributed by atoms with E-state index in [-0.39, 0.29) is 4.90 Å². The fourth-order valence-corrected chi connectivity index (χ4v) is 3.35. The van der Waals surface area contributed by atoms with Gasteiger partial charge in [0.05, 0.1) is 7.11 Å². The van der Waals surface area contributed by atoms with Crippen LogP contribution in [0, 0.1) is 0 Å².